The number of benzene rings is 2. The number of nitrogens with two attached hydrogens (primary N) is 1. The predicted molar refractivity (Wildman–Crippen MR) is 73.2 cm³/mol. The molecule has 2 rings (SSSR count). The van der Waals surface area contributed by atoms with Crippen LogP contribution in [0.3, 0.4) is 0 Å². The second kappa shape index (κ2) is 5.65. The van der Waals surface area contributed by atoms with Gasteiger partial charge in [0.15, 0.2) is 11.5 Å². The zero-order chi connectivity index (χ0) is 13.0. The molecule has 3 nitrogen and oxygen atoms in total. The van der Waals surface area contributed by atoms with Gasteiger partial charge in [0.1, 0.15) is 6.61 Å². The monoisotopic (exact) mass is 263 g/mol. The average Bonchev–Trinajstić information content (AvgIpc) is 2.40. The Hall–Kier alpha value is -1.87. The van der Waals surface area contributed by atoms with Crippen LogP contribution in [0.1, 0.15) is 5.56 Å². The second-order valence-corrected chi connectivity index (χ2v) is 4.20. The molecule has 0 spiro atoms. The summed E-state index contributed by atoms with van der Waals surface area (Å²) in [6.45, 7) is 0.418. The van der Waals surface area contributed by atoms with Crippen molar-refractivity contribution in [1.82, 2.24) is 0 Å². The van der Waals surface area contributed by atoms with Gasteiger partial charge >= 0.3 is 0 Å². The fraction of sp³-hybridized carbons (Fsp3) is 0.143. The van der Waals surface area contributed by atoms with Crippen LogP contribution in [0.25, 0.3) is 0 Å². The molecule has 0 heterocycles. The first kappa shape index (κ1) is 12.6. The van der Waals surface area contributed by atoms with Gasteiger partial charge in [-0.25, -0.2) is 0 Å². The maximum Gasteiger partial charge on any atom is 0.161 e. The Balaban J connectivity index is 2.09. The third-order valence-electron chi connectivity index (χ3n) is 2.52. The van der Waals surface area contributed by atoms with Gasteiger partial charge in [0.2, 0.25) is 0 Å². The van der Waals surface area contributed by atoms with Gasteiger partial charge in [0.25, 0.3) is 0 Å². The van der Waals surface area contributed by atoms with E-state index in [4.69, 9.17) is 26.8 Å². The topological polar surface area (TPSA) is 44.5 Å². The van der Waals surface area contributed by atoms with Crippen molar-refractivity contribution in [2.45, 2.75) is 6.61 Å². The summed E-state index contributed by atoms with van der Waals surface area (Å²) in [6, 6.07) is 13.0. The van der Waals surface area contributed by atoms with Crippen LogP contribution in [0, 0.1) is 0 Å². The number of para-hydroxylation sites is 2. The highest BCUT2D eigenvalue weighted by atomic mass is 35.5. The molecule has 0 bridgehead atoms. The van der Waals surface area contributed by atoms with E-state index in [9.17, 15) is 0 Å². The van der Waals surface area contributed by atoms with Crippen LogP contribution in [0.5, 0.6) is 11.5 Å². The van der Waals surface area contributed by atoms with Gasteiger partial charge in [0.05, 0.1) is 17.8 Å². The number of nitrogen functional groups attached to an aromatic ring is 1. The van der Waals surface area contributed by atoms with Crippen molar-refractivity contribution in [1.29, 1.82) is 0 Å². The van der Waals surface area contributed by atoms with Crippen LogP contribution in [0.4, 0.5) is 5.69 Å². The molecule has 4 heteroatoms. The Labute approximate surface area is 111 Å². The van der Waals surface area contributed by atoms with E-state index in [0.717, 1.165) is 5.56 Å². The molecule has 0 aliphatic carbocycles. The van der Waals surface area contributed by atoms with E-state index >= 15 is 0 Å². The number of methoxy groups -OCH3 is 1. The first-order chi connectivity index (χ1) is 8.70. The number of halogens is 1. The van der Waals surface area contributed by atoms with Crippen LogP contribution >= 0.6 is 11.6 Å². The quantitative estimate of drug-likeness (QED) is 0.859. The summed E-state index contributed by atoms with van der Waals surface area (Å²) in [6.07, 6.45) is 0. The third kappa shape index (κ3) is 2.87. The lowest BCUT2D eigenvalue weighted by atomic mass is 10.2. The summed E-state index contributed by atoms with van der Waals surface area (Å²) < 4.78 is 10.9. The van der Waals surface area contributed by atoms with Crippen molar-refractivity contribution >= 4 is 17.3 Å². The van der Waals surface area contributed by atoms with Gasteiger partial charge in [-0.3, -0.25) is 0 Å². The number of ether oxygens (including phenoxy) is 2. The highest BCUT2D eigenvalue weighted by Crippen LogP contribution is 2.27. The molecule has 0 fully saturated rings. The van der Waals surface area contributed by atoms with Gasteiger partial charge < -0.3 is 15.2 Å². The molecule has 0 atom stereocenters. The van der Waals surface area contributed by atoms with E-state index < -0.39 is 0 Å². The highest BCUT2D eigenvalue weighted by Gasteiger charge is 2.04. The Morgan fingerprint density at radius 3 is 2.50 bits per heavy atom. The van der Waals surface area contributed by atoms with Crippen molar-refractivity contribution in [3.8, 4) is 11.5 Å². The summed E-state index contributed by atoms with van der Waals surface area (Å²) in [5, 5.41) is 0.552. The molecule has 0 amide bonds. The van der Waals surface area contributed by atoms with E-state index in [2.05, 4.69) is 0 Å². The van der Waals surface area contributed by atoms with Gasteiger partial charge in [-0.15, -0.1) is 0 Å². The van der Waals surface area contributed by atoms with Crippen LogP contribution < -0.4 is 15.2 Å². The number of hydrogen-bond acceptors (Lipinski definition) is 3. The minimum Gasteiger partial charge on any atom is -0.493 e. The fourth-order valence-corrected chi connectivity index (χ4v) is 1.70. The molecular weight excluding hydrogens is 250 g/mol. The Bertz CT molecular complexity index is 543. The van der Waals surface area contributed by atoms with Gasteiger partial charge in [-0.2, -0.15) is 0 Å². The molecular formula is C14H14ClNO2. The molecule has 94 valence electrons. The Morgan fingerprint density at radius 2 is 1.83 bits per heavy atom. The smallest absolute Gasteiger partial charge is 0.161 e. The summed E-state index contributed by atoms with van der Waals surface area (Å²) >= 11 is 5.86. The molecule has 0 aliphatic rings. The molecule has 2 N–H and O–H groups in total. The molecule has 0 saturated carbocycles. The first-order valence-electron chi connectivity index (χ1n) is 5.50. The standard InChI is InChI=1S/C14H14ClNO2/c1-17-13-4-2-3-5-14(13)18-9-10-6-7-11(15)12(16)8-10/h2-8H,9,16H2,1H3. The lowest BCUT2D eigenvalue weighted by Gasteiger charge is -2.10. The van der Waals surface area contributed by atoms with Crippen molar-refractivity contribution in [2.24, 2.45) is 0 Å². The van der Waals surface area contributed by atoms with Crippen molar-refractivity contribution in [3.63, 3.8) is 0 Å². The molecule has 0 aromatic heterocycles. The molecule has 0 radical (unpaired) electrons. The normalized spacial score (nSPS) is 10.1. The maximum absolute atomic E-state index is 5.86. The minimum atomic E-state index is 0.418. The Morgan fingerprint density at radius 1 is 1.11 bits per heavy atom. The minimum absolute atomic E-state index is 0.418. The van der Waals surface area contributed by atoms with Crippen molar-refractivity contribution in [2.75, 3.05) is 12.8 Å². The number of anilines is 1. The molecule has 0 aliphatic heterocycles. The summed E-state index contributed by atoms with van der Waals surface area (Å²) in [7, 11) is 1.61. The zero-order valence-corrected chi connectivity index (χ0v) is 10.8. The highest BCUT2D eigenvalue weighted by molar-refractivity contribution is 6.33. The molecule has 0 saturated heterocycles. The molecule has 0 unspecified atom stereocenters. The summed E-state index contributed by atoms with van der Waals surface area (Å²) in [4.78, 5) is 0. The van der Waals surface area contributed by atoms with Crippen LogP contribution in [-0.2, 0) is 6.61 Å². The maximum atomic E-state index is 5.86. The van der Waals surface area contributed by atoms with E-state index in [0.29, 0.717) is 28.8 Å². The largest absolute Gasteiger partial charge is 0.493 e. The van der Waals surface area contributed by atoms with E-state index in [1.807, 2.05) is 30.3 Å². The van der Waals surface area contributed by atoms with Gasteiger partial charge in [-0.05, 0) is 29.8 Å². The third-order valence-corrected chi connectivity index (χ3v) is 2.87. The summed E-state index contributed by atoms with van der Waals surface area (Å²) in [5.74, 6) is 1.41. The van der Waals surface area contributed by atoms with E-state index in [1.165, 1.54) is 0 Å². The lowest BCUT2D eigenvalue weighted by Crippen LogP contribution is -1.98. The number of hydrogen-bond donors (Lipinski definition) is 1. The predicted octanol–water partition coefficient (Wildman–Crippen LogP) is 3.51. The van der Waals surface area contributed by atoms with Gasteiger partial charge in [0, 0.05) is 0 Å². The van der Waals surface area contributed by atoms with Crippen LogP contribution in [0.2, 0.25) is 5.02 Å². The fourth-order valence-electron chi connectivity index (χ4n) is 1.58. The van der Waals surface area contributed by atoms with Crippen LogP contribution in [0.15, 0.2) is 42.5 Å². The lowest BCUT2D eigenvalue weighted by molar-refractivity contribution is 0.284. The first-order valence-corrected chi connectivity index (χ1v) is 5.88. The van der Waals surface area contributed by atoms with E-state index in [1.54, 1.807) is 19.2 Å². The SMILES string of the molecule is COc1ccccc1OCc1ccc(Cl)c(N)c1. The van der Waals surface area contributed by atoms with Crippen molar-refractivity contribution in [3.05, 3.63) is 53.1 Å². The second-order valence-electron chi connectivity index (χ2n) is 3.80. The van der Waals surface area contributed by atoms with Gasteiger partial charge in [-0.1, -0.05) is 29.8 Å². The zero-order valence-electron chi connectivity index (χ0n) is 10.0. The Kier molecular flexibility index (Phi) is 3.95. The van der Waals surface area contributed by atoms with Crippen molar-refractivity contribution < 1.29 is 9.47 Å². The average molecular weight is 264 g/mol. The molecule has 2 aromatic rings. The van der Waals surface area contributed by atoms with Crippen LogP contribution in [-0.4, -0.2) is 7.11 Å². The van der Waals surface area contributed by atoms with E-state index in [-0.39, 0.29) is 0 Å². The summed E-state index contributed by atoms with van der Waals surface area (Å²) in [5.41, 5.74) is 7.25. The molecule has 18 heavy (non-hydrogen) atoms. The molecule has 2 aromatic carbocycles. The number of rotatable bonds is 4.